The highest BCUT2D eigenvalue weighted by atomic mass is 35.5. The molecule has 3 aromatic rings. The van der Waals surface area contributed by atoms with Crippen molar-refractivity contribution in [1.82, 2.24) is 0 Å². The van der Waals surface area contributed by atoms with Gasteiger partial charge in [-0.3, -0.25) is 4.99 Å². The quantitative estimate of drug-likeness (QED) is 0.493. The second kappa shape index (κ2) is 7.95. The van der Waals surface area contributed by atoms with E-state index in [2.05, 4.69) is 0 Å². The Morgan fingerprint density at radius 1 is 0.821 bits per heavy atom. The number of rotatable bonds is 4. The average Bonchev–Trinajstić information content (AvgIpc) is 2.74. The normalized spacial score (nSPS) is 16.7. The lowest BCUT2D eigenvalue weighted by Gasteiger charge is -2.36. The van der Waals surface area contributed by atoms with E-state index in [0.29, 0.717) is 16.4 Å². The molecule has 1 heterocycles. The molecule has 0 aromatic heterocycles. The fourth-order valence-corrected chi connectivity index (χ4v) is 3.38. The molecule has 0 fully saturated rings. The molecule has 0 N–H and O–H groups in total. The Bertz CT molecular complexity index is 1000. The molecule has 5 heteroatoms. The molecule has 0 saturated heterocycles. The van der Waals surface area contributed by atoms with Gasteiger partial charge in [0.25, 0.3) is 6.43 Å². The zero-order valence-corrected chi connectivity index (χ0v) is 15.6. The predicted octanol–water partition coefficient (Wildman–Crippen LogP) is 6.50. The Hall–Kier alpha value is -2.98. The van der Waals surface area contributed by atoms with Crippen LogP contribution in [0.2, 0.25) is 5.02 Å². The monoisotopic (exact) mass is 394 g/mol. The molecule has 0 radical (unpaired) electrons. The summed E-state index contributed by atoms with van der Waals surface area (Å²) < 4.78 is 28.2. The van der Waals surface area contributed by atoms with Gasteiger partial charge in [-0.2, -0.15) is 0 Å². The zero-order chi connectivity index (χ0) is 19.5. The van der Waals surface area contributed by atoms with Crippen LogP contribution in [0.3, 0.4) is 0 Å². The molecule has 2 nitrogen and oxygen atoms in total. The van der Waals surface area contributed by atoms with Gasteiger partial charge in [-0.05, 0) is 41.5 Å². The second-order valence-corrected chi connectivity index (χ2v) is 6.82. The Morgan fingerprint density at radius 2 is 1.43 bits per heavy atom. The Kier molecular flexibility index (Phi) is 5.22. The number of para-hydroxylation sites is 1. The summed E-state index contributed by atoms with van der Waals surface area (Å²) in [5, 5.41) is 0.586. The van der Waals surface area contributed by atoms with Gasteiger partial charge in [0, 0.05) is 10.7 Å². The van der Waals surface area contributed by atoms with Crippen LogP contribution in [0.25, 0.3) is 0 Å². The number of benzene rings is 3. The molecule has 140 valence electrons. The summed E-state index contributed by atoms with van der Waals surface area (Å²) in [5.74, 6) is 0. The van der Waals surface area contributed by atoms with Crippen LogP contribution in [0.1, 0.15) is 17.3 Å². The van der Waals surface area contributed by atoms with E-state index in [1.54, 1.807) is 17.0 Å². The SMILES string of the molecule is FC(F)C1=CC(c2ccccc2)=NC(c2ccc(Cl)cc2)N1c1ccccc1. The molecular weight excluding hydrogens is 378 g/mol. The minimum absolute atomic E-state index is 0.0833. The van der Waals surface area contributed by atoms with Crippen molar-refractivity contribution in [2.75, 3.05) is 4.90 Å². The van der Waals surface area contributed by atoms with Crippen molar-refractivity contribution in [2.45, 2.75) is 12.6 Å². The summed E-state index contributed by atoms with van der Waals surface area (Å²) in [5.41, 5.74) is 2.69. The molecule has 3 aromatic carbocycles. The van der Waals surface area contributed by atoms with Crippen LogP contribution < -0.4 is 4.90 Å². The van der Waals surface area contributed by atoms with E-state index in [4.69, 9.17) is 16.6 Å². The predicted molar refractivity (Wildman–Crippen MR) is 110 cm³/mol. The molecule has 1 atom stereocenters. The first-order valence-corrected chi connectivity index (χ1v) is 9.24. The Labute approximate surface area is 167 Å². The maximum atomic E-state index is 14.1. The second-order valence-electron chi connectivity index (χ2n) is 6.38. The summed E-state index contributed by atoms with van der Waals surface area (Å²) in [6.07, 6.45) is -1.80. The van der Waals surface area contributed by atoms with Gasteiger partial charge in [0.15, 0.2) is 6.17 Å². The van der Waals surface area contributed by atoms with Gasteiger partial charge >= 0.3 is 0 Å². The number of hydrogen-bond acceptors (Lipinski definition) is 2. The van der Waals surface area contributed by atoms with Crippen LogP contribution in [0.4, 0.5) is 14.5 Å². The summed E-state index contributed by atoms with van der Waals surface area (Å²) in [6, 6.07) is 25.6. The van der Waals surface area contributed by atoms with Gasteiger partial charge in [0.05, 0.1) is 11.4 Å². The minimum atomic E-state index is -2.65. The minimum Gasteiger partial charge on any atom is -0.313 e. The maximum absolute atomic E-state index is 14.1. The van der Waals surface area contributed by atoms with E-state index in [1.807, 2.05) is 72.8 Å². The molecule has 4 rings (SSSR count). The highest BCUT2D eigenvalue weighted by Gasteiger charge is 2.32. The van der Waals surface area contributed by atoms with Crippen LogP contribution in [-0.4, -0.2) is 12.1 Å². The molecule has 0 spiro atoms. The van der Waals surface area contributed by atoms with Crippen molar-refractivity contribution in [3.63, 3.8) is 0 Å². The van der Waals surface area contributed by atoms with Crippen molar-refractivity contribution in [3.8, 4) is 0 Å². The van der Waals surface area contributed by atoms with Crippen LogP contribution in [0.15, 0.2) is 102 Å². The average molecular weight is 395 g/mol. The van der Waals surface area contributed by atoms with Gasteiger partial charge in [-0.15, -0.1) is 0 Å². The standard InChI is InChI=1S/C23H17ClF2N2/c24-18-13-11-17(12-14-18)23-27-20(16-7-3-1-4-8-16)15-21(22(25)26)28(23)19-9-5-2-6-10-19/h1-15,22-23H. The first kappa shape index (κ1) is 18.4. The van der Waals surface area contributed by atoms with Crippen molar-refractivity contribution in [2.24, 2.45) is 4.99 Å². The highest BCUT2D eigenvalue weighted by Crippen LogP contribution is 2.38. The number of aliphatic imine (C=N–C) groups is 1. The number of halogens is 3. The summed E-state index contributed by atoms with van der Waals surface area (Å²) in [7, 11) is 0. The Morgan fingerprint density at radius 3 is 2.04 bits per heavy atom. The third kappa shape index (κ3) is 3.69. The summed E-state index contributed by atoms with van der Waals surface area (Å²) in [4.78, 5) is 6.42. The molecule has 28 heavy (non-hydrogen) atoms. The number of anilines is 1. The molecule has 1 aliphatic heterocycles. The topological polar surface area (TPSA) is 15.6 Å². The lowest BCUT2D eigenvalue weighted by molar-refractivity contribution is 0.183. The van der Waals surface area contributed by atoms with E-state index in [9.17, 15) is 8.78 Å². The lowest BCUT2D eigenvalue weighted by Crippen LogP contribution is -2.34. The molecule has 0 amide bonds. The van der Waals surface area contributed by atoms with Crippen LogP contribution >= 0.6 is 11.6 Å². The van der Waals surface area contributed by atoms with Crippen LogP contribution in [0.5, 0.6) is 0 Å². The van der Waals surface area contributed by atoms with Gasteiger partial charge < -0.3 is 4.90 Å². The van der Waals surface area contributed by atoms with Crippen molar-refractivity contribution < 1.29 is 8.78 Å². The van der Waals surface area contributed by atoms with Gasteiger partial charge in [0.2, 0.25) is 0 Å². The molecule has 0 bridgehead atoms. The highest BCUT2D eigenvalue weighted by molar-refractivity contribution is 6.30. The molecule has 0 saturated carbocycles. The smallest absolute Gasteiger partial charge is 0.278 e. The zero-order valence-electron chi connectivity index (χ0n) is 14.8. The first-order chi connectivity index (χ1) is 13.6. The molecule has 0 aliphatic carbocycles. The molecular formula is C23H17ClF2N2. The Balaban J connectivity index is 1.89. The van der Waals surface area contributed by atoms with E-state index in [1.165, 1.54) is 6.08 Å². The first-order valence-electron chi connectivity index (χ1n) is 8.86. The third-order valence-electron chi connectivity index (χ3n) is 4.56. The fraction of sp³-hybridized carbons (Fsp3) is 0.0870. The number of hydrogen-bond donors (Lipinski definition) is 0. The van der Waals surface area contributed by atoms with Crippen molar-refractivity contribution in [3.05, 3.63) is 113 Å². The van der Waals surface area contributed by atoms with Crippen molar-refractivity contribution >= 4 is 23.0 Å². The van der Waals surface area contributed by atoms with E-state index in [0.717, 1.165) is 11.1 Å². The van der Waals surface area contributed by atoms with Gasteiger partial charge in [-0.1, -0.05) is 72.3 Å². The third-order valence-corrected chi connectivity index (χ3v) is 4.82. The lowest BCUT2D eigenvalue weighted by atomic mass is 10.0. The molecule has 1 aliphatic rings. The maximum Gasteiger partial charge on any atom is 0.278 e. The molecule has 1 unspecified atom stereocenters. The van der Waals surface area contributed by atoms with Crippen LogP contribution in [-0.2, 0) is 0 Å². The van der Waals surface area contributed by atoms with Gasteiger partial charge in [-0.25, -0.2) is 8.78 Å². The largest absolute Gasteiger partial charge is 0.313 e. The van der Waals surface area contributed by atoms with E-state index < -0.39 is 12.6 Å². The number of alkyl halides is 2. The summed E-state index contributed by atoms with van der Waals surface area (Å²) >= 11 is 6.03. The van der Waals surface area contributed by atoms with E-state index in [-0.39, 0.29) is 5.70 Å². The summed E-state index contributed by atoms with van der Waals surface area (Å²) in [6.45, 7) is 0. The number of allylic oxidation sites excluding steroid dienone is 2. The fourth-order valence-electron chi connectivity index (χ4n) is 3.25. The van der Waals surface area contributed by atoms with Crippen molar-refractivity contribution in [1.29, 1.82) is 0 Å². The van der Waals surface area contributed by atoms with Gasteiger partial charge in [0.1, 0.15) is 0 Å². The number of nitrogens with zero attached hydrogens (tertiary/aromatic N) is 2. The van der Waals surface area contributed by atoms with E-state index >= 15 is 0 Å². The van der Waals surface area contributed by atoms with Crippen LogP contribution in [0, 0.1) is 0 Å².